The summed E-state index contributed by atoms with van der Waals surface area (Å²) in [6.45, 7) is 26.1. The summed E-state index contributed by atoms with van der Waals surface area (Å²) < 4.78 is 35.9. The molecule has 0 radical (unpaired) electrons. The zero-order valence-electron chi connectivity index (χ0n) is 30.1. The Kier molecular flexibility index (Phi) is 9.93. The van der Waals surface area contributed by atoms with Crippen molar-refractivity contribution in [1.29, 1.82) is 0 Å². The molecule has 15 heteroatoms. The molecule has 0 bridgehead atoms. The van der Waals surface area contributed by atoms with Gasteiger partial charge in [0, 0.05) is 24.2 Å². The Hall–Kier alpha value is -2.44. The quantitative estimate of drug-likeness (QED) is 0.160. The molecule has 2 fully saturated rings. The van der Waals surface area contributed by atoms with Crippen LogP contribution in [0, 0.1) is 0 Å². The Morgan fingerprint density at radius 2 is 1.78 bits per heavy atom. The summed E-state index contributed by atoms with van der Waals surface area (Å²) >= 11 is 0. The van der Waals surface area contributed by atoms with Gasteiger partial charge in [0.2, 0.25) is 5.95 Å². The molecule has 46 heavy (non-hydrogen) atoms. The molecule has 0 saturated carbocycles. The topological polar surface area (TPSA) is 132 Å². The van der Waals surface area contributed by atoms with E-state index in [1.165, 1.54) is 10.9 Å². The van der Waals surface area contributed by atoms with E-state index >= 15 is 0 Å². The predicted molar refractivity (Wildman–Crippen MR) is 182 cm³/mol. The Labute approximate surface area is 275 Å². The first-order valence-electron chi connectivity index (χ1n) is 16.0. The van der Waals surface area contributed by atoms with Crippen LogP contribution in [-0.4, -0.2) is 98.8 Å². The number of aliphatic imine (C=N–C) groups is 1. The number of carbonyl (C=O) groups excluding carboxylic acids is 1. The molecule has 2 aromatic rings. The third-order valence-electron chi connectivity index (χ3n) is 9.18. The largest absolute Gasteiger partial charge is 0.465 e. The second-order valence-electron chi connectivity index (χ2n) is 16.1. The number of ether oxygens (including phenoxy) is 2. The normalized spacial score (nSPS) is 24.0. The highest BCUT2D eigenvalue weighted by Crippen LogP contribution is 2.56. The van der Waals surface area contributed by atoms with Crippen LogP contribution in [0.4, 0.5) is 5.95 Å². The highest BCUT2D eigenvalue weighted by Gasteiger charge is 2.66. The Balaban J connectivity index is 1.89. The maximum Gasteiger partial charge on any atom is 0.349 e. The lowest BCUT2D eigenvalue weighted by atomic mass is 10.1. The van der Waals surface area contributed by atoms with Gasteiger partial charge >= 0.3 is 14.5 Å². The van der Waals surface area contributed by atoms with Crippen molar-refractivity contribution in [2.45, 2.75) is 129 Å². The van der Waals surface area contributed by atoms with Gasteiger partial charge in [0.05, 0.1) is 25.9 Å². The molecule has 0 N–H and O–H groups in total. The summed E-state index contributed by atoms with van der Waals surface area (Å²) in [4.78, 5) is 41.7. The van der Waals surface area contributed by atoms with Gasteiger partial charge in [-0.2, -0.15) is 4.98 Å². The summed E-state index contributed by atoms with van der Waals surface area (Å²) in [5.74, 6) is -0.523. The fourth-order valence-corrected chi connectivity index (χ4v) is 12.4. The summed E-state index contributed by atoms with van der Waals surface area (Å²) in [6, 6.07) is 0. The van der Waals surface area contributed by atoms with Crippen molar-refractivity contribution in [3.05, 3.63) is 16.7 Å². The van der Waals surface area contributed by atoms with Gasteiger partial charge in [-0.3, -0.25) is 18.7 Å². The van der Waals surface area contributed by atoms with Crippen LogP contribution in [0.5, 0.6) is 0 Å². The first kappa shape index (κ1) is 36.4. The molecule has 0 amide bonds. The minimum Gasteiger partial charge on any atom is -0.465 e. The van der Waals surface area contributed by atoms with E-state index in [4.69, 9.17) is 27.7 Å². The van der Waals surface area contributed by atoms with E-state index in [0.717, 1.165) is 0 Å². The van der Waals surface area contributed by atoms with Crippen molar-refractivity contribution in [3.8, 4) is 0 Å². The number of esters is 1. The van der Waals surface area contributed by atoms with Crippen molar-refractivity contribution in [3.63, 3.8) is 0 Å². The molecular weight excluding hydrogens is 625 g/mol. The number of hydrogen-bond donors (Lipinski definition) is 0. The average Bonchev–Trinajstić information content (AvgIpc) is 3.48. The van der Waals surface area contributed by atoms with Gasteiger partial charge in [-0.25, -0.2) is 9.98 Å². The van der Waals surface area contributed by atoms with Gasteiger partial charge in [-0.05, 0) is 25.1 Å². The molecule has 0 aromatic carbocycles. The maximum atomic E-state index is 13.8. The summed E-state index contributed by atoms with van der Waals surface area (Å²) in [7, 11) is -1.65. The third kappa shape index (κ3) is 6.63. The van der Waals surface area contributed by atoms with E-state index in [0.29, 0.717) is 6.61 Å². The Morgan fingerprint density at radius 1 is 1.15 bits per heavy atom. The lowest BCUT2D eigenvalue weighted by molar-refractivity contribution is -0.143. The fourth-order valence-electron chi connectivity index (χ4n) is 6.11. The van der Waals surface area contributed by atoms with Crippen LogP contribution in [0.15, 0.2) is 16.1 Å². The van der Waals surface area contributed by atoms with Crippen LogP contribution in [0.2, 0.25) is 28.2 Å². The zero-order valence-corrected chi connectivity index (χ0v) is 32.1. The van der Waals surface area contributed by atoms with Crippen LogP contribution in [-0.2, 0) is 34.1 Å². The smallest absolute Gasteiger partial charge is 0.349 e. The summed E-state index contributed by atoms with van der Waals surface area (Å²) in [5, 5.41) is -0.557. The van der Waals surface area contributed by atoms with Gasteiger partial charge in [-0.15, -0.1) is 0 Å². The minimum atomic E-state index is -2.88. The molecule has 4 heterocycles. The molecule has 4 rings (SSSR count). The van der Waals surface area contributed by atoms with Crippen molar-refractivity contribution in [1.82, 2.24) is 24.0 Å². The molecule has 258 valence electrons. The predicted octanol–water partition coefficient (Wildman–Crippen LogP) is 5.12. The Bertz CT molecular complexity index is 1500. The molecule has 2 aromatic heterocycles. The number of carbonyl (C=O) groups is 1. The lowest BCUT2D eigenvalue weighted by Crippen LogP contribution is -2.66. The first-order chi connectivity index (χ1) is 21.0. The van der Waals surface area contributed by atoms with Gasteiger partial charge in [0.15, 0.2) is 25.7 Å². The maximum absolute atomic E-state index is 13.8. The van der Waals surface area contributed by atoms with Crippen molar-refractivity contribution < 1.29 is 27.5 Å². The van der Waals surface area contributed by atoms with Crippen molar-refractivity contribution in [2.24, 2.45) is 4.99 Å². The molecule has 0 spiro atoms. The molecule has 2 aliphatic rings. The summed E-state index contributed by atoms with van der Waals surface area (Å²) in [6.07, 6.45) is 1.02. The SMILES string of the molecule is CCOC(=O)Cn1c(N=CN(C)C)nc2c(ncn2[C@@H]2O[C@@H]3CO[Si](C(C)(C)C)(C(C)(C)C)O[C@H]3[C@H]2O[Si](C)(C)C(C)(C)C)c1=O. The van der Waals surface area contributed by atoms with Gasteiger partial charge in [-0.1, -0.05) is 62.3 Å². The third-order valence-corrected chi connectivity index (χ3v) is 18.8. The monoisotopic (exact) mass is 678 g/mol. The zero-order chi connectivity index (χ0) is 34.6. The van der Waals surface area contributed by atoms with Crippen LogP contribution in [0.25, 0.3) is 11.2 Å². The van der Waals surface area contributed by atoms with Crippen LogP contribution < -0.4 is 5.56 Å². The van der Waals surface area contributed by atoms with Crippen LogP contribution in [0.1, 0.15) is 75.5 Å². The Morgan fingerprint density at radius 3 is 2.33 bits per heavy atom. The molecule has 0 unspecified atom stereocenters. The number of fused-ring (bicyclic) bond motifs is 2. The van der Waals surface area contributed by atoms with Gasteiger partial charge in [0.1, 0.15) is 24.9 Å². The number of imidazole rings is 1. The highest BCUT2D eigenvalue weighted by atomic mass is 28.4. The van der Waals surface area contributed by atoms with Gasteiger partial charge in [0.25, 0.3) is 5.56 Å². The van der Waals surface area contributed by atoms with E-state index in [1.807, 2.05) is 0 Å². The highest BCUT2D eigenvalue weighted by molar-refractivity contribution is 6.74. The molecule has 4 atom stereocenters. The standard InChI is InChI=1S/C31H54N6O7Si2/c1-15-40-21(38)16-36-26(39)22-25(34-28(36)33-18-35(11)12)37(19-32-22)27-24(43-45(13,14)29(2,3)4)23-20(42-27)17-41-46(44-23,30(5,6)7)31(8,9)10/h18-20,23-24,27H,15-17H2,1-14H3/t20-,23-,24-,27-/m1/s1. The fraction of sp³-hybridized carbons (Fsp3) is 0.774. The second kappa shape index (κ2) is 12.5. The molecule has 13 nitrogen and oxygen atoms in total. The average molecular weight is 679 g/mol. The van der Waals surface area contributed by atoms with E-state index in [9.17, 15) is 9.59 Å². The van der Waals surface area contributed by atoms with Gasteiger partial charge < -0.3 is 27.7 Å². The van der Waals surface area contributed by atoms with E-state index < -0.39 is 52.9 Å². The van der Waals surface area contributed by atoms with E-state index in [2.05, 4.69) is 85.4 Å². The van der Waals surface area contributed by atoms with E-state index in [-0.39, 0.29) is 45.4 Å². The van der Waals surface area contributed by atoms with Crippen LogP contribution >= 0.6 is 0 Å². The van der Waals surface area contributed by atoms with Crippen LogP contribution in [0.3, 0.4) is 0 Å². The molecule has 0 aliphatic carbocycles. The molecular formula is C31H54N6O7Si2. The first-order valence-corrected chi connectivity index (χ1v) is 20.8. The number of aromatic nitrogens is 4. The second-order valence-corrected chi connectivity index (χ2v) is 25.6. The van der Waals surface area contributed by atoms with Crippen molar-refractivity contribution in [2.75, 3.05) is 27.3 Å². The van der Waals surface area contributed by atoms with Crippen molar-refractivity contribution >= 4 is 46.3 Å². The lowest BCUT2D eigenvalue weighted by Gasteiger charge is -2.54. The number of rotatable bonds is 8. The minimum absolute atomic E-state index is 0.0461. The number of nitrogens with zero attached hydrogens (tertiary/aromatic N) is 6. The van der Waals surface area contributed by atoms with E-state index in [1.54, 1.807) is 36.8 Å². The molecule has 2 aliphatic heterocycles. The number of hydrogen-bond acceptors (Lipinski definition) is 10. The summed E-state index contributed by atoms with van der Waals surface area (Å²) in [5.41, 5.74) is -0.144. The molecule has 2 saturated heterocycles.